The number of rotatable bonds is 3. The Hall–Kier alpha value is -1.40. The minimum absolute atomic E-state index is 0.0470. The van der Waals surface area contributed by atoms with Gasteiger partial charge >= 0.3 is 0 Å². The van der Waals surface area contributed by atoms with Gasteiger partial charge in [-0.2, -0.15) is 0 Å². The number of carbonyl (C=O) groups is 2. The van der Waals surface area contributed by atoms with E-state index in [2.05, 4.69) is 5.32 Å². The number of methoxy groups -OCH3 is 1. The van der Waals surface area contributed by atoms with Gasteiger partial charge in [0.15, 0.2) is 0 Å². The molecule has 7 heteroatoms. The largest absolute Gasteiger partial charge is 0.495 e. The van der Waals surface area contributed by atoms with Gasteiger partial charge in [0.2, 0.25) is 11.8 Å². The zero-order valence-corrected chi connectivity index (χ0v) is 14.0. The van der Waals surface area contributed by atoms with E-state index >= 15 is 0 Å². The van der Waals surface area contributed by atoms with E-state index in [0.717, 1.165) is 6.42 Å². The number of thioether (sulfide) groups is 1. The van der Waals surface area contributed by atoms with E-state index in [9.17, 15) is 9.59 Å². The molecular weight excluding hydrogens is 324 g/mol. The molecule has 0 radical (unpaired) electrons. The van der Waals surface area contributed by atoms with Gasteiger partial charge in [0.1, 0.15) is 11.8 Å². The quantitative estimate of drug-likeness (QED) is 0.919. The summed E-state index contributed by atoms with van der Waals surface area (Å²) in [4.78, 5) is 26.2. The predicted molar refractivity (Wildman–Crippen MR) is 87.4 cm³/mol. The third kappa shape index (κ3) is 2.54. The molecule has 0 aromatic heterocycles. The monoisotopic (exact) mass is 340 g/mol. The maximum absolute atomic E-state index is 12.6. The van der Waals surface area contributed by atoms with Crippen molar-refractivity contribution in [2.24, 2.45) is 0 Å². The maximum Gasteiger partial charge on any atom is 0.248 e. The number of ether oxygens (including phenoxy) is 1. The first-order valence-corrected chi connectivity index (χ1v) is 8.41. The molecule has 0 bridgehead atoms. The summed E-state index contributed by atoms with van der Waals surface area (Å²) in [6.45, 7) is 2.02. The highest BCUT2D eigenvalue weighted by atomic mass is 35.5. The first-order chi connectivity index (χ1) is 10.4. The van der Waals surface area contributed by atoms with E-state index in [4.69, 9.17) is 16.3 Å². The van der Waals surface area contributed by atoms with Gasteiger partial charge in [0.05, 0.1) is 17.7 Å². The normalized spacial score (nSPS) is 27.0. The Bertz CT molecular complexity index is 639. The van der Waals surface area contributed by atoms with Crippen LogP contribution in [-0.4, -0.2) is 40.5 Å². The summed E-state index contributed by atoms with van der Waals surface area (Å²) in [6.07, 6.45) is 1.30. The van der Waals surface area contributed by atoms with E-state index in [1.165, 1.54) is 7.11 Å². The zero-order valence-electron chi connectivity index (χ0n) is 12.4. The number of fused-ring (bicyclic) bond motifs is 1. The van der Waals surface area contributed by atoms with Crippen LogP contribution in [0.4, 0.5) is 5.69 Å². The first kappa shape index (κ1) is 15.5. The minimum atomic E-state index is -0.450. The number of benzene rings is 1. The van der Waals surface area contributed by atoms with Crippen LogP contribution < -0.4 is 10.1 Å². The van der Waals surface area contributed by atoms with Crippen molar-refractivity contribution in [2.45, 2.75) is 30.7 Å². The lowest BCUT2D eigenvalue weighted by molar-refractivity contribution is -0.135. The van der Waals surface area contributed by atoms with E-state index in [-0.39, 0.29) is 16.7 Å². The zero-order chi connectivity index (χ0) is 15.9. The highest BCUT2D eigenvalue weighted by Gasteiger charge is 2.52. The van der Waals surface area contributed by atoms with E-state index in [1.54, 1.807) is 34.9 Å². The third-order valence-electron chi connectivity index (χ3n) is 4.17. The molecule has 1 N–H and O–H groups in total. The van der Waals surface area contributed by atoms with E-state index in [1.807, 2.05) is 6.92 Å². The maximum atomic E-state index is 12.6. The van der Waals surface area contributed by atoms with Crippen molar-refractivity contribution in [1.82, 2.24) is 4.90 Å². The summed E-state index contributed by atoms with van der Waals surface area (Å²) in [5.41, 5.74) is 0.519. The molecule has 22 heavy (non-hydrogen) atoms. The standard InChI is InChI=1S/C15H17ClN2O3S/c1-15-6-5-13(19)18(15)11(8-22-15)14(20)17-10-7-9(16)3-4-12(10)21-2/h3-4,7,11H,5-6,8H2,1-2H3,(H,17,20)/t11-,15-/m0/s1. The van der Waals surface area contributed by atoms with Crippen LogP contribution in [0.1, 0.15) is 19.8 Å². The van der Waals surface area contributed by atoms with Gasteiger partial charge in [-0.25, -0.2) is 0 Å². The van der Waals surface area contributed by atoms with Crippen LogP contribution in [0.2, 0.25) is 5.02 Å². The number of anilines is 1. The molecule has 2 fully saturated rings. The summed E-state index contributed by atoms with van der Waals surface area (Å²) in [7, 11) is 1.53. The Morgan fingerprint density at radius 2 is 2.32 bits per heavy atom. The smallest absolute Gasteiger partial charge is 0.248 e. The average molecular weight is 341 g/mol. The third-order valence-corrected chi connectivity index (χ3v) is 5.91. The van der Waals surface area contributed by atoms with Gasteiger partial charge in [-0.3, -0.25) is 9.59 Å². The summed E-state index contributed by atoms with van der Waals surface area (Å²) in [5.74, 6) is 0.994. The van der Waals surface area contributed by atoms with Gasteiger partial charge in [0.25, 0.3) is 0 Å². The van der Waals surface area contributed by atoms with Gasteiger partial charge in [-0.15, -0.1) is 11.8 Å². The van der Waals surface area contributed by atoms with Gasteiger partial charge in [-0.1, -0.05) is 11.6 Å². The molecule has 2 atom stereocenters. The second-order valence-corrected chi connectivity index (χ2v) is 7.54. The van der Waals surface area contributed by atoms with Crippen LogP contribution in [0, 0.1) is 0 Å². The molecule has 0 spiro atoms. The topological polar surface area (TPSA) is 58.6 Å². The average Bonchev–Trinajstić information content (AvgIpc) is 2.96. The van der Waals surface area contributed by atoms with Gasteiger partial charge in [-0.05, 0) is 31.5 Å². The van der Waals surface area contributed by atoms with Crippen molar-refractivity contribution in [2.75, 3.05) is 18.2 Å². The Labute approximate surface area is 138 Å². The Morgan fingerprint density at radius 1 is 1.55 bits per heavy atom. The number of carbonyl (C=O) groups excluding carboxylic acids is 2. The minimum Gasteiger partial charge on any atom is -0.495 e. The van der Waals surface area contributed by atoms with Crippen LogP contribution in [-0.2, 0) is 9.59 Å². The molecule has 2 aliphatic heterocycles. The van der Waals surface area contributed by atoms with Crippen LogP contribution in [0.5, 0.6) is 5.75 Å². The number of nitrogens with one attached hydrogen (secondary N) is 1. The number of hydrogen-bond donors (Lipinski definition) is 1. The molecule has 2 amide bonds. The Morgan fingerprint density at radius 3 is 3.05 bits per heavy atom. The molecule has 118 valence electrons. The fraction of sp³-hybridized carbons (Fsp3) is 0.467. The van der Waals surface area contributed by atoms with Crippen molar-refractivity contribution in [3.8, 4) is 5.75 Å². The summed E-state index contributed by atoms with van der Waals surface area (Å²) in [6, 6.07) is 4.59. The van der Waals surface area contributed by atoms with Crippen molar-refractivity contribution in [3.63, 3.8) is 0 Å². The van der Waals surface area contributed by atoms with E-state index < -0.39 is 6.04 Å². The van der Waals surface area contributed by atoms with Crippen molar-refractivity contribution in [1.29, 1.82) is 0 Å². The second kappa shape index (κ2) is 5.66. The van der Waals surface area contributed by atoms with Crippen molar-refractivity contribution in [3.05, 3.63) is 23.2 Å². The molecule has 1 aromatic carbocycles. The molecular formula is C15H17ClN2O3S. The molecule has 2 heterocycles. The predicted octanol–water partition coefficient (Wildman–Crippen LogP) is 2.74. The summed E-state index contributed by atoms with van der Waals surface area (Å²) < 4.78 is 5.23. The van der Waals surface area contributed by atoms with Crippen LogP contribution in [0.15, 0.2) is 18.2 Å². The molecule has 5 nitrogen and oxygen atoms in total. The number of amides is 2. The van der Waals surface area contributed by atoms with Crippen molar-refractivity contribution >= 4 is 40.9 Å². The van der Waals surface area contributed by atoms with Crippen LogP contribution >= 0.6 is 23.4 Å². The van der Waals surface area contributed by atoms with E-state index in [0.29, 0.717) is 28.6 Å². The van der Waals surface area contributed by atoms with Gasteiger partial charge in [0, 0.05) is 17.2 Å². The number of hydrogen-bond acceptors (Lipinski definition) is 4. The fourth-order valence-electron chi connectivity index (χ4n) is 3.01. The van der Waals surface area contributed by atoms with Crippen LogP contribution in [0.25, 0.3) is 0 Å². The first-order valence-electron chi connectivity index (χ1n) is 7.05. The Kier molecular flexibility index (Phi) is 3.99. The summed E-state index contributed by atoms with van der Waals surface area (Å²) >= 11 is 7.64. The highest BCUT2D eigenvalue weighted by molar-refractivity contribution is 8.01. The molecule has 2 aliphatic rings. The molecule has 2 saturated heterocycles. The fourth-order valence-corrected chi connectivity index (χ4v) is 4.61. The molecule has 0 aliphatic carbocycles. The Balaban J connectivity index is 1.81. The second-order valence-electron chi connectivity index (χ2n) is 5.60. The van der Waals surface area contributed by atoms with Crippen LogP contribution in [0.3, 0.4) is 0 Å². The lowest BCUT2D eigenvalue weighted by Crippen LogP contribution is -2.48. The highest BCUT2D eigenvalue weighted by Crippen LogP contribution is 2.47. The summed E-state index contributed by atoms with van der Waals surface area (Å²) in [5, 5.41) is 3.35. The molecule has 1 aromatic rings. The van der Waals surface area contributed by atoms with Gasteiger partial charge < -0.3 is 15.0 Å². The van der Waals surface area contributed by atoms with Crippen molar-refractivity contribution < 1.29 is 14.3 Å². The molecule has 3 rings (SSSR count). The lowest BCUT2D eigenvalue weighted by atomic mass is 10.2. The number of nitrogens with zero attached hydrogens (tertiary/aromatic N) is 1. The lowest BCUT2D eigenvalue weighted by Gasteiger charge is -2.30. The molecule has 0 unspecified atom stereocenters. The molecule has 0 saturated carbocycles. The number of halogens is 1. The SMILES string of the molecule is COc1ccc(Cl)cc1NC(=O)[C@@H]1CS[C@@]2(C)CCC(=O)N12.